The summed E-state index contributed by atoms with van der Waals surface area (Å²) in [6.45, 7) is 2.24. The number of Topliss-reactive ketones (excluding diaryl/α,β-unsaturated/α-hetero) is 2. The lowest BCUT2D eigenvalue weighted by Gasteiger charge is -2.43. The van der Waals surface area contributed by atoms with Gasteiger partial charge in [0, 0.05) is 18.4 Å². The van der Waals surface area contributed by atoms with E-state index in [1.165, 1.54) is 14.2 Å². The molecule has 1 aliphatic carbocycles. The summed E-state index contributed by atoms with van der Waals surface area (Å²) in [5, 5.41) is 0.205. The van der Waals surface area contributed by atoms with Crippen LogP contribution in [0.4, 0.5) is 0 Å². The standard InChI is InChI=1S/C23H20ClNO5/c1-11-8-14(26)17-13-7-5-4-6-12(13)10-25-21(17)23(11)22(27)18-15(28-2)9-16(29-3)19(24)20(18)30-23/h4-7,9,11,17H,8,10H2,1-3H3. The molecule has 0 radical (unpaired) electrons. The lowest BCUT2D eigenvalue weighted by atomic mass is 9.64. The van der Waals surface area contributed by atoms with Gasteiger partial charge in [0.05, 0.1) is 32.4 Å². The van der Waals surface area contributed by atoms with Gasteiger partial charge < -0.3 is 14.2 Å². The second kappa shape index (κ2) is 6.57. The molecular weight excluding hydrogens is 406 g/mol. The van der Waals surface area contributed by atoms with Crippen molar-refractivity contribution in [3.63, 3.8) is 0 Å². The molecule has 2 aliphatic heterocycles. The fraction of sp³-hybridized carbons (Fsp3) is 0.348. The highest BCUT2D eigenvalue weighted by Crippen LogP contribution is 2.55. The molecule has 1 saturated carbocycles. The van der Waals surface area contributed by atoms with E-state index in [9.17, 15) is 9.59 Å². The zero-order valence-electron chi connectivity index (χ0n) is 16.8. The minimum atomic E-state index is -1.39. The van der Waals surface area contributed by atoms with Crippen molar-refractivity contribution in [2.75, 3.05) is 14.2 Å². The molecular formula is C23H20ClNO5. The van der Waals surface area contributed by atoms with Gasteiger partial charge in [0.15, 0.2) is 5.75 Å². The van der Waals surface area contributed by atoms with Crippen LogP contribution < -0.4 is 14.2 Å². The van der Waals surface area contributed by atoms with Crippen molar-refractivity contribution in [2.45, 2.75) is 31.4 Å². The van der Waals surface area contributed by atoms with Gasteiger partial charge in [-0.05, 0) is 11.1 Å². The van der Waals surface area contributed by atoms with Crippen LogP contribution in [0.2, 0.25) is 5.02 Å². The zero-order valence-corrected chi connectivity index (χ0v) is 17.6. The molecule has 6 nitrogen and oxygen atoms in total. The number of ketones is 2. The molecule has 7 heteroatoms. The molecule has 0 N–H and O–H groups in total. The molecule has 154 valence electrons. The van der Waals surface area contributed by atoms with Crippen molar-refractivity contribution in [3.05, 3.63) is 52.0 Å². The highest BCUT2D eigenvalue weighted by atomic mass is 35.5. The van der Waals surface area contributed by atoms with Crippen molar-refractivity contribution in [1.82, 2.24) is 0 Å². The van der Waals surface area contributed by atoms with Crippen LogP contribution in [0, 0.1) is 5.92 Å². The number of benzene rings is 2. The van der Waals surface area contributed by atoms with Gasteiger partial charge in [0.1, 0.15) is 27.9 Å². The number of hydrogen-bond acceptors (Lipinski definition) is 6. The number of halogens is 1. The second-order valence-corrected chi connectivity index (χ2v) is 8.25. The van der Waals surface area contributed by atoms with Crippen LogP contribution in [0.5, 0.6) is 17.2 Å². The average Bonchev–Trinajstić information content (AvgIpc) is 3.07. The summed E-state index contributed by atoms with van der Waals surface area (Å²) in [6.07, 6.45) is 0.203. The van der Waals surface area contributed by atoms with E-state index in [2.05, 4.69) is 0 Å². The van der Waals surface area contributed by atoms with E-state index in [4.69, 9.17) is 30.8 Å². The highest BCUT2D eigenvalue weighted by molar-refractivity contribution is 6.37. The van der Waals surface area contributed by atoms with Gasteiger partial charge in [-0.3, -0.25) is 14.6 Å². The summed E-state index contributed by atoms with van der Waals surface area (Å²) in [5.41, 5.74) is 1.22. The molecule has 2 heterocycles. The molecule has 1 fully saturated rings. The molecule has 0 bridgehead atoms. The zero-order chi connectivity index (χ0) is 21.2. The molecule has 2 aromatic carbocycles. The van der Waals surface area contributed by atoms with Crippen LogP contribution in [-0.2, 0) is 11.3 Å². The number of carbonyl (C=O) groups excluding carboxylic acids is 2. The lowest BCUT2D eigenvalue weighted by molar-refractivity contribution is -0.122. The first-order chi connectivity index (χ1) is 14.4. The molecule has 0 aromatic heterocycles. The third-order valence-electron chi connectivity index (χ3n) is 6.38. The molecule has 2 aromatic rings. The number of carbonyl (C=O) groups is 2. The molecule has 1 spiro atoms. The first-order valence-electron chi connectivity index (χ1n) is 9.77. The molecule has 0 saturated heterocycles. The summed E-state index contributed by atoms with van der Waals surface area (Å²) in [6, 6.07) is 9.30. The van der Waals surface area contributed by atoms with Crippen molar-refractivity contribution in [1.29, 1.82) is 0 Å². The number of rotatable bonds is 2. The van der Waals surface area contributed by atoms with E-state index in [1.807, 2.05) is 31.2 Å². The fourth-order valence-electron chi connectivity index (χ4n) is 4.94. The van der Waals surface area contributed by atoms with E-state index in [-0.39, 0.29) is 34.3 Å². The Morgan fingerprint density at radius 1 is 1.17 bits per heavy atom. The molecule has 3 aliphatic rings. The Morgan fingerprint density at radius 2 is 1.90 bits per heavy atom. The van der Waals surface area contributed by atoms with Crippen molar-refractivity contribution < 1.29 is 23.8 Å². The Bertz CT molecular complexity index is 1140. The fourth-order valence-corrected chi connectivity index (χ4v) is 5.20. The maximum Gasteiger partial charge on any atom is 0.220 e. The highest BCUT2D eigenvalue weighted by Gasteiger charge is 2.63. The van der Waals surface area contributed by atoms with E-state index in [0.717, 1.165) is 11.1 Å². The predicted molar refractivity (Wildman–Crippen MR) is 111 cm³/mol. The number of methoxy groups -OCH3 is 2. The van der Waals surface area contributed by atoms with Gasteiger partial charge in [-0.15, -0.1) is 0 Å². The summed E-state index contributed by atoms with van der Waals surface area (Å²) in [7, 11) is 2.96. The monoisotopic (exact) mass is 425 g/mol. The van der Waals surface area contributed by atoms with E-state index < -0.39 is 17.4 Å². The smallest absolute Gasteiger partial charge is 0.220 e. The predicted octanol–water partition coefficient (Wildman–Crippen LogP) is 4.02. The first kappa shape index (κ1) is 19.1. The van der Waals surface area contributed by atoms with Crippen molar-refractivity contribution in [3.8, 4) is 17.2 Å². The third kappa shape index (κ3) is 2.28. The summed E-state index contributed by atoms with van der Waals surface area (Å²) in [5.74, 6) is -0.342. The topological polar surface area (TPSA) is 74.2 Å². The van der Waals surface area contributed by atoms with Crippen molar-refractivity contribution >= 4 is 28.9 Å². The SMILES string of the molecule is COc1cc(OC)c2c(c1Cl)OC1(C2=O)C2=NCc3ccccc3C2C(=O)CC1C. The molecule has 30 heavy (non-hydrogen) atoms. The van der Waals surface area contributed by atoms with Crippen LogP contribution in [0.1, 0.15) is 40.7 Å². The Balaban J connectivity index is 1.73. The van der Waals surface area contributed by atoms with Crippen molar-refractivity contribution in [2.24, 2.45) is 10.9 Å². The Morgan fingerprint density at radius 3 is 2.63 bits per heavy atom. The molecule has 0 amide bonds. The Hall–Kier alpha value is -2.86. The largest absolute Gasteiger partial charge is 0.496 e. The van der Waals surface area contributed by atoms with Gasteiger partial charge in [-0.2, -0.15) is 0 Å². The first-order valence-corrected chi connectivity index (χ1v) is 10.2. The van der Waals surface area contributed by atoms with E-state index in [0.29, 0.717) is 23.8 Å². The van der Waals surface area contributed by atoms with Gasteiger partial charge in [0.25, 0.3) is 0 Å². The maximum atomic E-state index is 13.9. The number of ether oxygens (including phenoxy) is 3. The van der Waals surface area contributed by atoms with Crippen LogP contribution >= 0.6 is 11.6 Å². The summed E-state index contributed by atoms with van der Waals surface area (Å²) in [4.78, 5) is 31.7. The maximum absolute atomic E-state index is 13.9. The van der Waals surface area contributed by atoms with E-state index >= 15 is 0 Å². The van der Waals surface area contributed by atoms with Gasteiger partial charge >= 0.3 is 0 Å². The minimum Gasteiger partial charge on any atom is -0.496 e. The number of aliphatic imine (C=N–C) groups is 1. The van der Waals surface area contributed by atoms with Gasteiger partial charge in [-0.1, -0.05) is 42.8 Å². The normalized spacial score (nSPS) is 26.5. The quantitative estimate of drug-likeness (QED) is 0.726. The Labute approximate surface area is 178 Å². The van der Waals surface area contributed by atoms with Gasteiger partial charge in [-0.25, -0.2) is 0 Å². The molecule has 5 rings (SSSR count). The average molecular weight is 426 g/mol. The number of fused-ring (bicyclic) bond motifs is 5. The van der Waals surface area contributed by atoms with Crippen LogP contribution in [0.25, 0.3) is 0 Å². The molecule has 3 atom stereocenters. The Kier molecular flexibility index (Phi) is 4.19. The third-order valence-corrected chi connectivity index (χ3v) is 6.74. The number of hydrogen-bond donors (Lipinski definition) is 0. The summed E-state index contributed by atoms with van der Waals surface area (Å²) < 4.78 is 17.2. The molecule has 3 unspecified atom stereocenters. The summed E-state index contributed by atoms with van der Waals surface area (Å²) >= 11 is 6.52. The minimum absolute atomic E-state index is 0.0435. The van der Waals surface area contributed by atoms with E-state index in [1.54, 1.807) is 6.07 Å². The second-order valence-electron chi connectivity index (χ2n) is 7.87. The van der Waals surface area contributed by atoms with Crippen LogP contribution in [0.15, 0.2) is 35.3 Å². The van der Waals surface area contributed by atoms with Gasteiger partial charge in [0.2, 0.25) is 11.4 Å². The van der Waals surface area contributed by atoms with Crippen LogP contribution in [-0.4, -0.2) is 37.1 Å². The van der Waals surface area contributed by atoms with Crippen LogP contribution in [0.3, 0.4) is 0 Å². The number of nitrogens with zero attached hydrogens (tertiary/aromatic N) is 1. The lowest BCUT2D eigenvalue weighted by Crippen LogP contribution is -2.60.